The van der Waals surface area contributed by atoms with Gasteiger partial charge in [0.25, 0.3) is 0 Å². The van der Waals surface area contributed by atoms with E-state index in [2.05, 4.69) is 24.8 Å². The topological polar surface area (TPSA) is 42.1 Å². The Morgan fingerprint density at radius 1 is 1.26 bits per heavy atom. The molecule has 0 spiro atoms. The fraction of sp³-hybridized carbons (Fsp3) is 0.688. The molecule has 3 heteroatoms. The minimum absolute atomic E-state index is 0.600. The minimum atomic E-state index is 0.600. The molecule has 1 saturated heterocycles. The molecule has 1 aromatic heterocycles. The van der Waals surface area contributed by atoms with Crippen LogP contribution in [0.1, 0.15) is 48.9 Å². The molecule has 2 unspecified atom stereocenters. The lowest BCUT2D eigenvalue weighted by molar-refractivity contribution is 0.341. The van der Waals surface area contributed by atoms with Gasteiger partial charge in [0.2, 0.25) is 0 Å². The third-order valence-electron chi connectivity index (χ3n) is 4.94. The van der Waals surface area contributed by atoms with Crippen molar-refractivity contribution in [2.75, 3.05) is 11.4 Å². The quantitative estimate of drug-likeness (QED) is 0.888. The van der Waals surface area contributed by atoms with E-state index in [4.69, 9.17) is 10.7 Å². The highest BCUT2D eigenvalue weighted by Crippen LogP contribution is 2.39. The van der Waals surface area contributed by atoms with Crippen LogP contribution in [0.3, 0.4) is 0 Å². The van der Waals surface area contributed by atoms with Crippen LogP contribution in [0, 0.1) is 19.8 Å². The van der Waals surface area contributed by atoms with E-state index < -0.39 is 0 Å². The van der Waals surface area contributed by atoms with Gasteiger partial charge in [-0.3, -0.25) is 0 Å². The Labute approximate surface area is 116 Å². The number of fused-ring (bicyclic) bond motifs is 1. The Hall–Kier alpha value is -1.09. The lowest BCUT2D eigenvalue weighted by atomic mass is 9.85. The summed E-state index contributed by atoms with van der Waals surface area (Å²) in [6.45, 7) is 6.01. The highest BCUT2D eigenvalue weighted by Gasteiger charge is 2.37. The Bertz CT molecular complexity index is 469. The molecule has 104 valence electrons. The van der Waals surface area contributed by atoms with Crippen LogP contribution in [-0.2, 0) is 6.54 Å². The number of aryl methyl sites for hydroxylation is 2. The van der Waals surface area contributed by atoms with Crippen LogP contribution in [0.4, 0.5) is 5.82 Å². The summed E-state index contributed by atoms with van der Waals surface area (Å²) >= 11 is 0. The number of pyridine rings is 1. The molecule has 2 atom stereocenters. The summed E-state index contributed by atoms with van der Waals surface area (Å²) in [5, 5.41) is 0. The third kappa shape index (κ3) is 2.25. The first-order valence-corrected chi connectivity index (χ1v) is 7.64. The fourth-order valence-electron chi connectivity index (χ4n) is 4.00. The molecular formula is C16H25N3. The Morgan fingerprint density at radius 3 is 2.84 bits per heavy atom. The number of aromatic nitrogens is 1. The van der Waals surface area contributed by atoms with E-state index in [0.717, 1.165) is 18.2 Å². The first-order valence-electron chi connectivity index (χ1n) is 7.64. The zero-order valence-electron chi connectivity index (χ0n) is 12.2. The summed E-state index contributed by atoms with van der Waals surface area (Å²) in [5.74, 6) is 2.07. The molecule has 0 bridgehead atoms. The number of rotatable bonds is 2. The summed E-state index contributed by atoms with van der Waals surface area (Å²) in [4.78, 5) is 7.39. The molecule has 1 aliphatic heterocycles. The molecule has 0 amide bonds. The van der Waals surface area contributed by atoms with Crippen LogP contribution in [-0.4, -0.2) is 17.6 Å². The van der Waals surface area contributed by atoms with Gasteiger partial charge in [0.05, 0.1) is 0 Å². The van der Waals surface area contributed by atoms with E-state index in [0.29, 0.717) is 12.6 Å². The normalized spacial score (nSPS) is 26.6. The molecule has 3 rings (SSSR count). The van der Waals surface area contributed by atoms with E-state index in [9.17, 15) is 0 Å². The SMILES string of the molecule is Cc1cc(C)c(CN)c(N2CCC3CCCCC32)n1. The van der Waals surface area contributed by atoms with E-state index in [1.54, 1.807) is 0 Å². The highest BCUT2D eigenvalue weighted by atomic mass is 15.2. The van der Waals surface area contributed by atoms with Crippen molar-refractivity contribution >= 4 is 5.82 Å². The molecule has 0 radical (unpaired) electrons. The van der Waals surface area contributed by atoms with E-state index in [-0.39, 0.29) is 0 Å². The molecule has 2 aliphatic rings. The van der Waals surface area contributed by atoms with Crippen molar-refractivity contribution in [2.45, 2.75) is 58.5 Å². The summed E-state index contributed by atoms with van der Waals surface area (Å²) in [6, 6.07) is 2.87. The van der Waals surface area contributed by atoms with Crippen LogP contribution in [0.5, 0.6) is 0 Å². The smallest absolute Gasteiger partial charge is 0.133 e. The number of hydrogen-bond acceptors (Lipinski definition) is 3. The first-order chi connectivity index (χ1) is 9.20. The monoisotopic (exact) mass is 259 g/mol. The molecule has 2 N–H and O–H groups in total. The van der Waals surface area contributed by atoms with Crippen LogP contribution < -0.4 is 10.6 Å². The first kappa shape index (κ1) is 12.9. The molecule has 19 heavy (non-hydrogen) atoms. The van der Waals surface area contributed by atoms with Crippen LogP contribution in [0.2, 0.25) is 0 Å². The molecule has 0 aromatic carbocycles. The number of hydrogen-bond donors (Lipinski definition) is 1. The summed E-state index contributed by atoms with van der Waals surface area (Å²) < 4.78 is 0. The zero-order chi connectivity index (χ0) is 13.4. The fourth-order valence-corrected chi connectivity index (χ4v) is 4.00. The van der Waals surface area contributed by atoms with Crippen molar-refractivity contribution in [3.63, 3.8) is 0 Å². The molecule has 1 aromatic rings. The lowest BCUT2D eigenvalue weighted by Gasteiger charge is -2.34. The van der Waals surface area contributed by atoms with Gasteiger partial charge in [-0.05, 0) is 50.7 Å². The Kier molecular flexibility index (Phi) is 3.48. The van der Waals surface area contributed by atoms with Crippen LogP contribution in [0.15, 0.2) is 6.07 Å². The molecule has 1 aliphatic carbocycles. The van der Waals surface area contributed by atoms with Gasteiger partial charge in [-0.1, -0.05) is 12.8 Å². The van der Waals surface area contributed by atoms with Crippen molar-refractivity contribution in [1.82, 2.24) is 4.98 Å². The van der Waals surface area contributed by atoms with Gasteiger partial charge < -0.3 is 10.6 Å². The molecule has 2 heterocycles. The van der Waals surface area contributed by atoms with Gasteiger partial charge in [-0.2, -0.15) is 0 Å². The predicted molar refractivity (Wildman–Crippen MR) is 79.3 cm³/mol. The van der Waals surface area contributed by atoms with Crippen molar-refractivity contribution in [3.05, 3.63) is 22.9 Å². The van der Waals surface area contributed by atoms with Crippen molar-refractivity contribution in [1.29, 1.82) is 0 Å². The van der Waals surface area contributed by atoms with Gasteiger partial charge in [-0.25, -0.2) is 4.98 Å². The average molecular weight is 259 g/mol. The van der Waals surface area contributed by atoms with Crippen LogP contribution in [0.25, 0.3) is 0 Å². The zero-order valence-corrected chi connectivity index (χ0v) is 12.2. The maximum Gasteiger partial charge on any atom is 0.133 e. The van der Waals surface area contributed by atoms with E-state index in [1.165, 1.54) is 49.0 Å². The second kappa shape index (κ2) is 5.12. The highest BCUT2D eigenvalue weighted by molar-refractivity contribution is 5.53. The van der Waals surface area contributed by atoms with Crippen molar-refractivity contribution in [2.24, 2.45) is 11.7 Å². The largest absolute Gasteiger partial charge is 0.353 e. The van der Waals surface area contributed by atoms with Crippen LogP contribution >= 0.6 is 0 Å². The van der Waals surface area contributed by atoms with E-state index in [1.807, 2.05) is 0 Å². The van der Waals surface area contributed by atoms with Crippen molar-refractivity contribution in [3.8, 4) is 0 Å². The van der Waals surface area contributed by atoms with Gasteiger partial charge in [0.15, 0.2) is 0 Å². The van der Waals surface area contributed by atoms with Crippen molar-refractivity contribution < 1.29 is 0 Å². The number of anilines is 1. The molecule has 2 fully saturated rings. The van der Waals surface area contributed by atoms with E-state index >= 15 is 0 Å². The summed E-state index contributed by atoms with van der Waals surface area (Å²) in [5.41, 5.74) is 9.63. The molecule has 1 saturated carbocycles. The Morgan fingerprint density at radius 2 is 2.05 bits per heavy atom. The van der Waals surface area contributed by atoms with Gasteiger partial charge in [0.1, 0.15) is 5.82 Å². The Balaban J connectivity index is 1.97. The van der Waals surface area contributed by atoms with Gasteiger partial charge in [0, 0.05) is 30.4 Å². The van der Waals surface area contributed by atoms with Gasteiger partial charge in [-0.15, -0.1) is 0 Å². The van der Waals surface area contributed by atoms with Gasteiger partial charge >= 0.3 is 0 Å². The average Bonchev–Trinajstić information content (AvgIpc) is 2.81. The number of nitrogens with two attached hydrogens (primary N) is 1. The minimum Gasteiger partial charge on any atom is -0.353 e. The second-order valence-electron chi connectivity index (χ2n) is 6.18. The predicted octanol–water partition coefficient (Wildman–Crippen LogP) is 2.93. The maximum absolute atomic E-state index is 5.97. The number of nitrogens with zero attached hydrogens (tertiary/aromatic N) is 2. The third-order valence-corrected chi connectivity index (χ3v) is 4.94. The second-order valence-corrected chi connectivity index (χ2v) is 6.18. The summed E-state index contributed by atoms with van der Waals surface area (Å²) in [6.07, 6.45) is 6.87. The lowest BCUT2D eigenvalue weighted by Crippen LogP contribution is -2.36. The summed E-state index contributed by atoms with van der Waals surface area (Å²) in [7, 11) is 0. The molecule has 3 nitrogen and oxygen atoms in total. The standard InChI is InChI=1S/C16H25N3/c1-11-9-12(2)18-16(14(11)10-17)19-8-7-13-5-3-4-6-15(13)19/h9,13,15H,3-8,10,17H2,1-2H3. The molecular weight excluding hydrogens is 234 g/mol. The maximum atomic E-state index is 5.97.